The number of fused-ring (bicyclic) bond motifs is 1. The predicted molar refractivity (Wildman–Crippen MR) is 138 cm³/mol. The van der Waals surface area contributed by atoms with E-state index >= 15 is 0 Å². The van der Waals surface area contributed by atoms with E-state index in [1.54, 1.807) is 24.4 Å². The summed E-state index contributed by atoms with van der Waals surface area (Å²) in [5, 5.41) is 14.3. The molecule has 9 heteroatoms. The summed E-state index contributed by atoms with van der Waals surface area (Å²) in [5.41, 5.74) is 1.18. The van der Waals surface area contributed by atoms with Gasteiger partial charge in [0.2, 0.25) is 0 Å². The zero-order valence-corrected chi connectivity index (χ0v) is 21.2. The highest BCUT2D eigenvalue weighted by atomic mass is 127. The van der Waals surface area contributed by atoms with E-state index in [1.807, 2.05) is 18.2 Å². The Morgan fingerprint density at radius 3 is 2.71 bits per heavy atom. The third kappa shape index (κ3) is 5.08. The maximum atomic E-state index is 13.3. The molecular formula is C25H26IN3O5. The molecule has 0 aliphatic heterocycles. The van der Waals surface area contributed by atoms with Crippen molar-refractivity contribution in [2.75, 3.05) is 7.11 Å². The minimum absolute atomic E-state index is 0.186. The number of rotatable bonds is 7. The van der Waals surface area contributed by atoms with Crippen molar-refractivity contribution in [3.8, 4) is 11.5 Å². The first-order valence-electron chi connectivity index (χ1n) is 11.2. The summed E-state index contributed by atoms with van der Waals surface area (Å²) in [5.74, 6) is 0.546. The number of para-hydroxylation sites is 1. The second kappa shape index (κ2) is 10.5. The Morgan fingerprint density at radius 2 is 2.00 bits per heavy atom. The number of ether oxygens (including phenoxy) is 2. The molecule has 1 heterocycles. The van der Waals surface area contributed by atoms with E-state index in [0.29, 0.717) is 37.4 Å². The molecule has 0 saturated heterocycles. The lowest BCUT2D eigenvalue weighted by molar-refractivity contribution is -0.144. The molecule has 1 aliphatic carbocycles. The summed E-state index contributed by atoms with van der Waals surface area (Å²) in [4.78, 5) is 29.4. The van der Waals surface area contributed by atoms with Crippen molar-refractivity contribution in [2.45, 2.75) is 51.0 Å². The monoisotopic (exact) mass is 575 g/mol. The van der Waals surface area contributed by atoms with Crippen molar-refractivity contribution >= 4 is 45.7 Å². The molecule has 2 aromatic carbocycles. The largest absolute Gasteiger partial charge is 0.493 e. The van der Waals surface area contributed by atoms with Crippen LogP contribution in [0.5, 0.6) is 11.5 Å². The Hall–Kier alpha value is -2.95. The van der Waals surface area contributed by atoms with E-state index in [9.17, 15) is 9.59 Å². The van der Waals surface area contributed by atoms with Gasteiger partial charge in [0.05, 0.1) is 27.8 Å². The average Bonchev–Trinajstić information content (AvgIpc) is 2.85. The van der Waals surface area contributed by atoms with E-state index < -0.39 is 12.1 Å². The first-order valence-corrected chi connectivity index (χ1v) is 12.3. The van der Waals surface area contributed by atoms with Crippen LogP contribution < -0.4 is 15.0 Å². The average molecular weight is 575 g/mol. The molecule has 0 radical (unpaired) electrons. The molecule has 0 bridgehead atoms. The summed E-state index contributed by atoms with van der Waals surface area (Å²) in [6, 6.07) is 10.8. The number of aromatic nitrogens is 2. The van der Waals surface area contributed by atoms with Crippen LogP contribution in [0.15, 0.2) is 46.3 Å². The SMILES string of the molecule is COc1cc(C=Nn2c(C3CCCCC3)nc3ccccc3c2=O)cc(I)c1O[C@@H](C)C(=O)O. The fourth-order valence-corrected chi connectivity index (χ4v) is 4.91. The van der Waals surface area contributed by atoms with E-state index in [1.165, 1.54) is 25.1 Å². The second-order valence-corrected chi connectivity index (χ2v) is 9.48. The molecular weight excluding hydrogens is 549 g/mol. The Labute approximate surface area is 210 Å². The van der Waals surface area contributed by atoms with Crippen LogP contribution in [0.1, 0.15) is 56.3 Å². The Kier molecular flexibility index (Phi) is 7.50. The zero-order valence-electron chi connectivity index (χ0n) is 19.0. The molecule has 0 unspecified atom stereocenters. The Morgan fingerprint density at radius 1 is 1.26 bits per heavy atom. The van der Waals surface area contributed by atoms with Gasteiger partial charge in [-0.3, -0.25) is 4.79 Å². The summed E-state index contributed by atoms with van der Waals surface area (Å²) < 4.78 is 13.1. The molecule has 1 N–H and O–H groups in total. The lowest BCUT2D eigenvalue weighted by atomic mass is 9.88. The van der Waals surface area contributed by atoms with Gasteiger partial charge in [-0.15, -0.1) is 0 Å². The van der Waals surface area contributed by atoms with Crippen LogP contribution in [0.3, 0.4) is 0 Å². The molecule has 8 nitrogen and oxygen atoms in total. The highest BCUT2D eigenvalue weighted by Crippen LogP contribution is 2.35. The number of halogens is 1. The van der Waals surface area contributed by atoms with E-state index in [2.05, 4.69) is 27.7 Å². The lowest BCUT2D eigenvalue weighted by Gasteiger charge is -2.22. The van der Waals surface area contributed by atoms with Gasteiger partial charge in [-0.05, 0) is 72.2 Å². The molecule has 0 amide bonds. The van der Waals surface area contributed by atoms with Gasteiger partial charge in [0.1, 0.15) is 5.82 Å². The quantitative estimate of drug-likeness (QED) is 0.321. The van der Waals surface area contributed by atoms with Gasteiger partial charge >= 0.3 is 5.97 Å². The summed E-state index contributed by atoms with van der Waals surface area (Å²) in [7, 11) is 1.49. The zero-order chi connectivity index (χ0) is 24.2. The van der Waals surface area contributed by atoms with Gasteiger partial charge < -0.3 is 14.6 Å². The number of methoxy groups -OCH3 is 1. The number of hydrogen-bond donors (Lipinski definition) is 1. The summed E-state index contributed by atoms with van der Waals surface area (Å²) in [6.45, 7) is 1.46. The van der Waals surface area contributed by atoms with E-state index in [4.69, 9.17) is 19.6 Å². The molecule has 1 atom stereocenters. The topological polar surface area (TPSA) is 103 Å². The van der Waals surface area contributed by atoms with Crippen LogP contribution in [0.25, 0.3) is 10.9 Å². The first-order chi connectivity index (χ1) is 16.4. The standard InChI is InChI=1S/C25H26IN3O5/c1-15(25(31)32)34-22-19(26)12-16(13-21(22)33-2)14-27-29-23(17-8-4-3-5-9-17)28-20-11-7-6-10-18(20)24(29)30/h6-7,10-15,17H,3-5,8-9H2,1-2H3,(H,31,32)/t15-/m0/s1. The van der Waals surface area contributed by atoms with Gasteiger partial charge in [0, 0.05) is 5.92 Å². The molecule has 3 aromatic rings. The molecule has 0 spiro atoms. The minimum atomic E-state index is -1.07. The number of nitrogens with zero attached hydrogens (tertiary/aromatic N) is 3. The van der Waals surface area contributed by atoms with Crippen molar-refractivity contribution < 1.29 is 19.4 Å². The maximum absolute atomic E-state index is 13.3. The Balaban J connectivity index is 1.76. The van der Waals surface area contributed by atoms with Crippen molar-refractivity contribution in [3.05, 3.63) is 61.7 Å². The van der Waals surface area contributed by atoms with Gasteiger partial charge in [-0.2, -0.15) is 9.78 Å². The smallest absolute Gasteiger partial charge is 0.344 e. The number of hydrogen-bond acceptors (Lipinski definition) is 6. The van der Waals surface area contributed by atoms with E-state index in [0.717, 1.165) is 25.7 Å². The van der Waals surface area contributed by atoms with Crippen molar-refractivity contribution in [3.63, 3.8) is 0 Å². The molecule has 1 saturated carbocycles. The van der Waals surface area contributed by atoms with E-state index in [-0.39, 0.29) is 11.5 Å². The highest BCUT2D eigenvalue weighted by Gasteiger charge is 2.23. The van der Waals surface area contributed by atoms with Crippen molar-refractivity contribution in [2.24, 2.45) is 5.10 Å². The highest BCUT2D eigenvalue weighted by molar-refractivity contribution is 14.1. The van der Waals surface area contributed by atoms with Gasteiger partial charge in [-0.25, -0.2) is 9.78 Å². The molecule has 34 heavy (non-hydrogen) atoms. The van der Waals surface area contributed by atoms with Crippen LogP contribution in [0.2, 0.25) is 0 Å². The lowest BCUT2D eigenvalue weighted by Crippen LogP contribution is -2.25. The number of carboxylic acid groups (broad SMARTS) is 1. The van der Waals surface area contributed by atoms with Gasteiger partial charge in [-0.1, -0.05) is 31.4 Å². The number of benzene rings is 2. The van der Waals surface area contributed by atoms with Crippen molar-refractivity contribution in [1.82, 2.24) is 9.66 Å². The molecule has 4 rings (SSSR count). The van der Waals surface area contributed by atoms with Gasteiger partial charge in [0.15, 0.2) is 17.6 Å². The maximum Gasteiger partial charge on any atom is 0.344 e. The fourth-order valence-electron chi connectivity index (χ4n) is 4.16. The Bertz CT molecular complexity index is 1300. The third-order valence-electron chi connectivity index (χ3n) is 5.97. The number of aliphatic carboxylic acids is 1. The van der Waals surface area contributed by atoms with Crippen LogP contribution in [0, 0.1) is 3.57 Å². The fraction of sp³-hybridized carbons (Fsp3) is 0.360. The number of carboxylic acids is 1. The molecule has 1 aromatic heterocycles. The van der Waals surface area contributed by atoms with Gasteiger partial charge in [0.25, 0.3) is 5.56 Å². The molecule has 1 aliphatic rings. The number of carbonyl (C=O) groups is 1. The molecule has 1 fully saturated rings. The minimum Gasteiger partial charge on any atom is -0.493 e. The normalized spacial score (nSPS) is 15.5. The summed E-state index contributed by atoms with van der Waals surface area (Å²) in [6.07, 6.45) is 5.97. The van der Waals surface area contributed by atoms with Crippen LogP contribution >= 0.6 is 22.6 Å². The van der Waals surface area contributed by atoms with Crippen LogP contribution in [-0.4, -0.2) is 40.2 Å². The summed E-state index contributed by atoms with van der Waals surface area (Å²) >= 11 is 2.07. The first kappa shape index (κ1) is 24.2. The third-order valence-corrected chi connectivity index (χ3v) is 6.77. The van der Waals surface area contributed by atoms with Crippen LogP contribution in [0.4, 0.5) is 0 Å². The predicted octanol–water partition coefficient (Wildman–Crippen LogP) is 4.79. The van der Waals surface area contributed by atoms with Crippen LogP contribution in [-0.2, 0) is 4.79 Å². The molecule has 178 valence electrons. The van der Waals surface area contributed by atoms with Crippen molar-refractivity contribution in [1.29, 1.82) is 0 Å². The second-order valence-electron chi connectivity index (χ2n) is 8.32.